The van der Waals surface area contributed by atoms with Crippen molar-refractivity contribution < 1.29 is 0 Å². The van der Waals surface area contributed by atoms with Gasteiger partial charge < -0.3 is 4.98 Å². The first kappa shape index (κ1) is 12.9. The van der Waals surface area contributed by atoms with Crippen molar-refractivity contribution in [1.29, 1.82) is 0 Å². The van der Waals surface area contributed by atoms with Crippen LogP contribution in [0.4, 0.5) is 0 Å². The summed E-state index contributed by atoms with van der Waals surface area (Å²) in [7, 11) is 0.441. The van der Waals surface area contributed by atoms with E-state index in [1.807, 2.05) is 0 Å². The van der Waals surface area contributed by atoms with E-state index in [9.17, 15) is 0 Å². The Morgan fingerprint density at radius 1 is 1.00 bits per heavy atom. The van der Waals surface area contributed by atoms with Crippen molar-refractivity contribution in [3.63, 3.8) is 0 Å². The number of rotatable bonds is 2. The molecule has 0 aliphatic carbocycles. The van der Waals surface area contributed by atoms with Gasteiger partial charge in [-0.05, 0) is 17.1 Å². The van der Waals surface area contributed by atoms with Crippen LogP contribution in [-0.4, -0.2) is 15.3 Å². The van der Waals surface area contributed by atoms with E-state index in [2.05, 4.69) is 65.9 Å². The molecule has 0 rings (SSSR count). The van der Waals surface area contributed by atoms with Gasteiger partial charge in [-0.15, -0.1) is 6.58 Å². The Hall–Kier alpha value is -0.0831. The van der Waals surface area contributed by atoms with Crippen molar-refractivity contribution in [2.45, 2.75) is 51.6 Å². The molecule has 2 heteroatoms. The maximum atomic E-state index is 4.04. The predicted molar refractivity (Wildman–Crippen MR) is 64.4 cm³/mol. The summed E-state index contributed by atoms with van der Waals surface area (Å²) in [6, 6.07) is 0. The maximum absolute atomic E-state index is 4.04. The lowest BCUT2D eigenvalue weighted by atomic mass is 10.2. The first-order valence-electron chi connectivity index (χ1n) is 4.95. The van der Waals surface area contributed by atoms with E-state index < -0.39 is 8.24 Å². The summed E-state index contributed by atoms with van der Waals surface area (Å²) in [5.41, 5.74) is 2.19. The standard InChI is InChI=1S/C11H25NSi/c1-9-13(12-8,10(2,3)4)11(5,6)7/h9,12H,1H2,2-8H3. The molecule has 0 saturated heterocycles. The van der Waals surface area contributed by atoms with E-state index in [0.717, 1.165) is 0 Å². The molecule has 0 saturated carbocycles. The molecule has 78 valence electrons. The molecule has 0 aliphatic heterocycles. The highest BCUT2D eigenvalue weighted by Gasteiger charge is 2.49. The minimum Gasteiger partial charge on any atom is -0.336 e. The van der Waals surface area contributed by atoms with Gasteiger partial charge in [0, 0.05) is 0 Å². The second kappa shape index (κ2) is 3.58. The molecular formula is C11H25NSi. The van der Waals surface area contributed by atoms with Gasteiger partial charge >= 0.3 is 0 Å². The Morgan fingerprint density at radius 2 is 1.31 bits per heavy atom. The Labute approximate surface area is 84.7 Å². The fraction of sp³-hybridized carbons (Fsp3) is 0.818. The average Bonchev–Trinajstić information content (AvgIpc) is 1.84. The number of hydrogen-bond acceptors (Lipinski definition) is 1. The van der Waals surface area contributed by atoms with E-state index in [0.29, 0.717) is 10.1 Å². The highest BCUT2D eigenvalue weighted by atomic mass is 28.3. The summed E-state index contributed by atoms with van der Waals surface area (Å²) >= 11 is 0. The lowest BCUT2D eigenvalue weighted by Gasteiger charge is -2.49. The second-order valence-electron chi connectivity index (χ2n) is 5.76. The largest absolute Gasteiger partial charge is 0.336 e. The first-order chi connectivity index (χ1) is 5.62. The van der Waals surface area contributed by atoms with Gasteiger partial charge in [0.15, 0.2) is 8.24 Å². The fourth-order valence-corrected chi connectivity index (χ4v) is 7.77. The molecule has 0 atom stereocenters. The van der Waals surface area contributed by atoms with Gasteiger partial charge in [0.05, 0.1) is 0 Å². The van der Waals surface area contributed by atoms with Crippen LogP contribution in [0.3, 0.4) is 0 Å². The van der Waals surface area contributed by atoms with E-state index in [-0.39, 0.29) is 0 Å². The highest BCUT2D eigenvalue weighted by molar-refractivity contribution is 6.87. The van der Waals surface area contributed by atoms with Crippen LogP contribution in [0.25, 0.3) is 0 Å². The summed E-state index contributed by atoms with van der Waals surface area (Å²) in [5.74, 6) is 0. The van der Waals surface area contributed by atoms with Crippen LogP contribution >= 0.6 is 0 Å². The van der Waals surface area contributed by atoms with Crippen molar-refractivity contribution in [3.8, 4) is 0 Å². The maximum Gasteiger partial charge on any atom is 0.160 e. The summed E-state index contributed by atoms with van der Waals surface area (Å²) in [4.78, 5) is 3.57. The SMILES string of the molecule is C=C[Si](NC)(C(C)(C)C)C(C)(C)C. The van der Waals surface area contributed by atoms with E-state index >= 15 is 0 Å². The zero-order valence-electron chi connectivity index (χ0n) is 10.3. The van der Waals surface area contributed by atoms with Crippen LogP contribution in [0.2, 0.25) is 10.1 Å². The van der Waals surface area contributed by atoms with E-state index in [4.69, 9.17) is 0 Å². The molecule has 0 unspecified atom stereocenters. The van der Waals surface area contributed by atoms with Gasteiger partial charge in [-0.25, -0.2) is 0 Å². The zero-order chi connectivity index (χ0) is 10.9. The molecule has 1 nitrogen and oxygen atoms in total. The van der Waals surface area contributed by atoms with E-state index in [1.165, 1.54) is 0 Å². The normalized spacial score (nSPS) is 14.4. The summed E-state index contributed by atoms with van der Waals surface area (Å²) in [5, 5.41) is 0.615. The smallest absolute Gasteiger partial charge is 0.160 e. The van der Waals surface area contributed by atoms with Gasteiger partial charge in [-0.3, -0.25) is 0 Å². The lowest BCUT2D eigenvalue weighted by Crippen LogP contribution is -2.60. The fourth-order valence-electron chi connectivity index (χ4n) is 2.59. The second-order valence-corrected chi connectivity index (χ2v) is 11.3. The first-order valence-corrected chi connectivity index (χ1v) is 7.02. The van der Waals surface area contributed by atoms with Gasteiger partial charge in [0.2, 0.25) is 0 Å². The van der Waals surface area contributed by atoms with Gasteiger partial charge in [0.25, 0.3) is 0 Å². The van der Waals surface area contributed by atoms with Gasteiger partial charge in [-0.2, -0.15) is 0 Å². The number of nitrogens with one attached hydrogen (secondary N) is 1. The Kier molecular flexibility index (Phi) is 3.56. The Balaban J connectivity index is 5.30. The minimum absolute atomic E-state index is 0.307. The van der Waals surface area contributed by atoms with Crippen molar-refractivity contribution in [2.24, 2.45) is 0 Å². The highest BCUT2D eigenvalue weighted by Crippen LogP contribution is 2.49. The van der Waals surface area contributed by atoms with Crippen LogP contribution in [0.5, 0.6) is 0 Å². The Bertz CT molecular complexity index is 169. The van der Waals surface area contributed by atoms with Crippen LogP contribution in [0.15, 0.2) is 12.3 Å². The summed E-state index contributed by atoms with van der Waals surface area (Å²) < 4.78 is 0. The lowest BCUT2D eigenvalue weighted by molar-refractivity contribution is 0.603. The molecule has 0 radical (unpaired) electrons. The van der Waals surface area contributed by atoms with Crippen LogP contribution in [0.1, 0.15) is 41.5 Å². The monoisotopic (exact) mass is 199 g/mol. The van der Waals surface area contributed by atoms with Crippen molar-refractivity contribution >= 4 is 8.24 Å². The summed E-state index contributed by atoms with van der Waals surface area (Å²) in [6.07, 6.45) is 0. The van der Waals surface area contributed by atoms with Crippen molar-refractivity contribution in [1.82, 2.24) is 4.98 Å². The third-order valence-electron chi connectivity index (χ3n) is 3.07. The molecule has 0 aromatic heterocycles. The zero-order valence-corrected chi connectivity index (χ0v) is 11.3. The average molecular weight is 199 g/mol. The third kappa shape index (κ3) is 2.05. The molecule has 1 N–H and O–H groups in total. The molecule has 0 aromatic carbocycles. The summed E-state index contributed by atoms with van der Waals surface area (Å²) in [6.45, 7) is 17.9. The van der Waals surface area contributed by atoms with Crippen molar-refractivity contribution in [2.75, 3.05) is 7.05 Å². The number of hydrogen-bond donors (Lipinski definition) is 1. The molecule has 0 bridgehead atoms. The Morgan fingerprint density at radius 3 is 1.31 bits per heavy atom. The quantitative estimate of drug-likeness (QED) is 0.672. The molecule has 0 amide bonds. The third-order valence-corrected chi connectivity index (χ3v) is 9.20. The van der Waals surface area contributed by atoms with E-state index in [1.54, 1.807) is 0 Å². The van der Waals surface area contributed by atoms with Crippen molar-refractivity contribution in [3.05, 3.63) is 12.3 Å². The molecule has 0 fully saturated rings. The molecule has 0 aliphatic rings. The van der Waals surface area contributed by atoms with Crippen LogP contribution in [0, 0.1) is 0 Å². The van der Waals surface area contributed by atoms with Gasteiger partial charge in [-0.1, -0.05) is 47.2 Å². The molecule has 0 aromatic rings. The topological polar surface area (TPSA) is 12.0 Å². The van der Waals surface area contributed by atoms with Gasteiger partial charge in [0.1, 0.15) is 0 Å². The van der Waals surface area contributed by atoms with Crippen LogP contribution < -0.4 is 4.98 Å². The molecule has 0 spiro atoms. The predicted octanol–water partition coefficient (Wildman–Crippen LogP) is 3.48. The minimum atomic E-state index is -1.63. The molecule has 13 heavy (non-hydrogen) atoms. The molecular weight excluding hydrogens is 174 g/mol. The molecule has 0 heterocycles. The van der Waals surface area contributed by atoms with Crippen LogP contribution in [-0.2, 0) is 0 Å².